The third kappa shape index (κ3) is 2.95. The zero-order chi connectivity index (χ0) is 15.4. The van der Waals surface area contributed by atoms with Crippen molar-refractivity contribution in [2.45, 2.75) is 6.92 Å². The maximum absolute atomic E-state index is 11.2. The zero-order valence-electron chi connectivity index (χ0n) is 11.9. The summed E-state index contributed by atoms with van der Waals surface area (Å²) in [5.41, 5.74) is 7.42. The molecule has 3 aromatic rings. The fourth-order valence-corrected chi connectivity index (χ4v) is 1.91. The number of hydrazine groups is 1. The van der Waals surface area contributed by atoms with Gasteiger partial charge in [0.1, 0.15) is 0 Å². The minimum absolute atomic E-state index is 0.300. The molecule has 0 unspecified atom stereocenters. The van der Waals surface area contributed by atoms with Crippen LogP contribution >= 0.6 is 0 Å². The highest BCUT2D eigenvalue weighted by atomic mass is 16.5. The third-order valence-corrected chi connectivity index (χ3v) is 2.90. The normalized spacial score (nSPS) is 10.4. The molecular weight excluding hydrogens is 284 g/mol. The molecule has 0 bridgehead atoms. The van der Waals surface area contributed by atoms with Crippen molar-refractivity contribution in [3.05, 3.63) is 43.1 Å². The van der Waals surface area contributed by atoms with Crippen LogP contribution in [0.1, 0.15) is 6.92 Å². The van der Waals surface area contributed by atoms with E-state index in [1.807, 2.05) is 29.0 Å². The molecule has 3 rings (SSSR count). The van der Waals surface area contributed by atoms with Gasteiger partial charge in [-0.2, -0.15) is 0 Å². The number of aromatic nitrogens is 4. The van der Waals surface area contributed by atoms with Crippen molar-refractivity contribution in [3.63, 3.8) is 0 Å². The average molecular weight is 298 g/mol. The second kappa shape index (κ2) is 6.08. The number of carbonyl (C=O) groups is 1. The van der Waals surface area contributed by atoms with Crippen molar-refractivity contribution in [1.82, 2.24) is 24.9 Å². The van der Waals surface area contributed by atoms with Crippen molar-refractivity contribution in [3.8, 4) is 5.69 Å². The van der Waals surface area contributed by atoms with Crippen LogP contribution in [0.5, 0.6) is 0 Å². The minimum Gasteiger partial charge on any atom is -0.449 e. The highest BCUT2D eigenvalue weighted by Crippen LogP contribution is 2.16. The number of carbonyl (C=O) groups excluding carboxylic acids is 1. The molecule has 0 spiro atoms. The van der Waals surface area contributed by atoms with Crippen LogP contribution in [-0.4, -0.2) is 32.2 Å². The van der Waals surface area contributed by atoms with E-state index in [0.717, 1.165) is 11.2 Å². The molecule has 0 aliphatic rings. The van der Waals surface area contributed by atoms with Crippen molar-refractivity contribution < 1.29 is 9.53 Å². The molecule has 0 fully saturated rings. The number of fused-ring (bicyclic) bond motifs is 1. The molecule has 112 valence electrons. The van der Waals surface area contributed by atoms with Crippen LogP contribution in [0.2, 0.25) is 0 Å². The van der Waals surface area contributed by atoms with Gasteiger partial charge in [0.15, 0.2) is 5.82 Å². The largest absolute Gasteiger partial charge is 0.449 e. The number of anilines is 1. The van der Waals surface area contributed by atoms with Crippen LogP contribution in [0.25, 0.3) is 16.7 Å². The molecule has 1 amide bonds. The van der Waals surface area contributed by atoms with Gasteiger partial charge < -0.3 is 9.30 Å². The fraction of sp³-hybridized carbons (Fsp3) is 0.143. The third-order valence-electron chi connectivity index (χ3n) is 2.90. The van der Waals surface area contributed by atoms with E-state index in [9.17, 15) is 4.79 Å². The Bertz CT molecular complexity index is 787. The molecule has 8 nitrogen and oxygen atoms in total. The predicted octanol–water partition coefficient (Wildman–Crippen LogP) is 1.89. The molecule has 0 radical (unpaired) electrons. The number of benzene rings is 1. The first-order chi connectivity index (χ1) is 10.8. The zero-order valence-corrected chi connectivity index (χ0v) is 11.9. The molecule has 0 aliphatic heterocycles. The standard InChI is InChI=1S/C14H14N6O2/c1-2-22-14(21)19-18-13-8-16-12-7-10(3-4-11(12)17-13)20-6-5-15-9-20/h3-9H,2H2,1H3,(H,17,18)(H,19,21). The lowest BCUT2D eigenvalue weighted by atomic mass is 10.2. The second-order valence-corrected chi connectivity index (χ2v) is 4.37. The summed E-state index contributed by atoms with van der Waals surface area (Å²) in [5, 5.41) is 0. The number of hydrogen-bond donors (Lipinski definition) is 2. The SMILES string of the molecule is CCOC(=O)NNc1cnc2cc(-n3ccnc3)ccc2n1. The van der Waals surface area contributed by atoms with Crippen molar-refractivity contribution in [1.29, 1.82) is 0 Å². The van der Waals surface area contributed by atoms with Gasteiger partial charge in [-0.15, -0.1) is 0 Å². The van der Waals surface area contributed by atoms with Gasteiger partial charge >= 0.3 is 6.09 Å². The summed E-state index contributed by atoms with van der Waals surface area (Å²) in [5.74, 6) is 0.427. The summed E-state index contributed by atoms with van der Waals surface area (Å²) in [7, 11) is 0. The summed E-state index contributed by atoms with van der Waals surface area (Å²) in [6, 6.07) is 5.68. The van der Waals surface area contributed by atoms with Crippen molar-refractivity contribution in [2.24, 2.45) is 0 Å². The molecule has 8 heteroatoms. The maximum Gasteiger partial charge on any atom is 0.425 e. The Labute approximate surface area is 126 Å². The molecule has 1 aromatic carbocycles. The summed E-state index contributed by atoms with van der Waals surface area (Å²) in [6.45, 7) is 2.03. The van der Waals surface area contributed by atoms with Crippen molar-refractivity contribution >= 4 is 22.9 Å². The summed E-state index contributed by atoms with van der Waals surface area (Å²) in [6.07, 6.45) is 6.25. The molecule has 2 N–H and O–H groups in total. The molecule has 0 saturated carbocycles. The number of amides is 1. The highest BCUT2D eigenvalue weighted by molar-refractivity contribution is 5.78. The van der Waals surface area contributed by atoms with E-state index in [0.29, 0.717) is 17.9 Å². The monoisotopic (exact) mass is 298 g/mol. The maximum atomic E-state index is 11.2. The fourth-order valence-electron chi connectivity index (χ4n) is 1.91. The Morgan fingerprint density at radius 3 is 3.05 bits per heavy atom. The van der Waals surface area contributed by atoms with Crippen LogP contribution < -0.4 is 10.9 Å². The van der Waals surface area contributed by atoms with Gasteiger partial charge in [-0.25, -0.2) is 20.2 Å². The first kappa shape index (κ1) is 13.8. The Kier molecular flexibility index (Phi) is 3.82. The topological polar surface area (TPSA) is 94.0 Å². The van der Waals surface area contributed by atoms with Gasteiger partial charge in [0, 0.05) is 18.1 Å². The smallest absolute Gasteiger partial charge is 0.425 e. The Hall–Kier alpha value is -3.16. The van der Waals surface area contributed by atoms with Crippen LogP contribution in [-0.2, 0) is 4.74 Å². The second-order valence-electron chi connectivity index (χ2n) is 4.37. The summed E-state index contributed by atoms with van der Waals surface area (Å²) < 4.78 is 6.62. The Morgan fingerprint density at radius 1 is 1.36 bits per heavy atom. The molecule has 2 aromatic heterocycles. The van der Waals surface area contributed by atoms with Crippen molar-refractivity contribution in [2.75, 3.05) is 12.0 Å². The van der Waals surface area contributed by atoms with Gasteiger partial charge in [0.2, 0.25) is 0 Å². The summed E-state index contributed by atoms with van der Waals surface area (Å²) >= 11 is 0. The number of nitrogens with zero attached hydrogens (tertiary/aromatic N) is 4. The predicted molar refractivity (Wildman–Crippen MR) is 80.4 cm³/mol. The Morgan fingerprint density at radius 2 is 2.27 bits per heavy atom. The molecular formula is C14H14N6O2. The first-order valence-corrected chi connectivity index (χ1v) is 6.70. The number of nitrogens with one attached hydrogen (secondary N) is 2. The summed E-state index contributed by atoms with van der Waals surface area (Å²) in [4.78, 5) is 23.9. The lowest BCUT2D eigenvalue weighted by Gasteiger charge is -2.08. The quantitative estimate of drug-likeness (QED) is 0.714. The van der Waals surface area contributed by atoms with Crippen LogP contribution in [0.3, 0.4) is 0 Å². The van der Waals surface area contributed by atoms with Gasteiger partial charge in [-0.3, -0.25) is 10.4 Å². The van der Waals surface area contributed by atoms with E-state index < -0.39 is 6.09 Å². The minimum atomic E-state index is -0.570. The van der Waals surface area contributed by atoms with Gasteiger partial charge in [0.05, 0.1) is 30.2 Å². The van der Waals surface area contributed by atoms with Crippen LogP contribution in [0, 0.1) is 0 Å². The highest BCUT2D eigenvalue weighted by Gasteiger charge is 2.04. The van der Waals surface area contributed by atoms with E-state index in [4.69, 9.17) is 4.74 Å². The van der Waals surface area contributed by atoms with E-state index >= 15 is 0 Å². The van der Waals surface area contributed by atoms with Gasteiger partial charge in [-0.05, 0) is 25.1 Å². The van der Waals surface area contributed by atoms with Gasteiger partial charge in [-0.1, -0.05) is 0 Å². The number of ether oxygens (including phenoxy) is 1. The van der Waals surface area contributed by atoms with Crippen LogP contribution in [0.15, 0.2) is 43.1 Å². The lowest BCUT2D eigenvalue weighted by molar-refractivity contribution is 0.154. The lowest BCUT2D eigenvalue weighted by Crippen LogP contribution is -2.30. The van der Waals surface area contributed by atoms with E-state index in [1.54, 1.807) is 19.4 Å². The Balaban J connectivity index is 1.79. The number of rotatable bonds is 4. The van der Waals surface area contributed by atoms with E-state index in [-0.39, 0.29) is 0 Å². The average Bonchev–Trinajstić information content (AvgIpc) is 3.07. The van der Waals surface area contributed by atoms with E-state index in [1.165, 1.54) is 6.20 Å². The van der Waals surface area contributed by atoms with E-state index in [2.05, 4.69) is 25.8 Å². The van der Waals surface area contributed by atoms with Crippen LogP contribution in [0.4, 0.5) is 10.6 Å². The number of imidazole rings is 1. The molecule has 0 saturated heterocycles. The first-order valence-electron chi connectivity index (χ1n) is 6.70. The molecule has 22 heavy (non-hydrogen) atoms. The molecule has 0 aliphatic carbocycles. The molecule has 0 atom stereocenters. The molecule has 2 heterocycles. The van der Waals surface area contributed by atoms with Gasteiger partial charge in [0.25, 0.3) is 0 Å². The number of hydrogen-bond acceptors (Lipinski definition) is 6.